The molecule has 2 fully saturated rings. The minimum absolute atomic E-state index is 0.0651. The molecule has 2 aromatic rings. The average Bonchev–Trinajstić information content (AvgIpc) is 3.28. The van der Waals surface area contributed by atoms with E-state index in [0.717, 1.165) is 63.2 Å². The Hall–Kier alpha value is -3.46. The highest BCUT2D eigenvalue weighted by atomic mass is 16.4. The van der Waals surface area contributed by atoms with Crippen molar-refractivity contribution in [3.05, 3.63) is 53.6 Å². The van der Waals surface area contributed by atoms with Crippen molar-refractivity contribution in [3.8, 4) is 5.75 Å². The lowest BCUT2D eigenvalue weighted by Crippen LogP contribution is -2.63. The lowest BCUT2D eigenvalue weighted by molar-refractivity contribution is 0.0181. The molecule has 0 bridgehead atoms. The van der Waals surface area contributed by atoms with Crippen LogP contribution in [-0.2, 0) is 0 Å². The summed E-state index contributed by atoms with van der Waals surface area (Å²) in [6.45, 7) is 34.4. The second kappa shape index (κ2) is 34.8. The first-order valence-electron chi connectivity index (χ1n) is 27.1. The van der Waals surface area contributed by atoms with Crippen LogP contribution in [0.3, 0.4) is 0 Å². The third-order valence-corrected chi connectivity index (χ3v) is 13.8. The number of aromatic carboxylic acids is 2. The highest BCUT2D eigenvalue weighted by Gasteiger charge is 2.34. The summed E-state index contributed by atoms with van der Waals surface area (Å²) in [4.78, 5) is 31.2. The number of nitrogens with zero attached hydrogens (tertiary/aromatic N) is 4. The van der Waals surface area contributed by atoms with E-state index in [0.29, 0.717) is 11.4 Å². The second-order valence-electron chi connectivity index (χ2n) is 21.3. The number of aromatic hydroxyl groups is 1. The van der Waals surface area contributed by atoms with Gasteiger partial charge in [0.1, 0.15) is 11.3 Å². The van der Waals surface area contributed by atoms with Crippen LogP contribution in [0.1, 0.15) is 193 Å². The zero-order valence-corrected chi connectivity index (χ0v) is 45.5. The van der Waals surface area contributed by atoms with Gasteiger partial charge in [-0.1, -0.05) is 132 Å². The van der Waals surface area contributed by atoms with Gasteiger partial charge in [0.2, 0.25) is 0 Å². The Bertz CT molecular complexity index is 1540. The van der Waals surface area contributed by atoms with Crippen molar-refractivity contribution in [1.29, 1.82) is 0 Å². The van der Waals surface area contributed by atoms with Crippen LogP contribution in [0.25, 0.3) is 0 Å². The lowest BCUT2D eigenvalue weighted by Gasteiger charge is -2.46. The van der Waals surface area contributed by atoms with Crippen LogP contribution in [0, 0.1) is 23.7 Å². The average molecular weight is 969 g/mol. The number of carboxylic acid groups (broad SMARTS) is 2. The Morgan fingerprint density at radius 2 is 0.826 bits per heavy atom. The summed E-state index contributed by atoms with van der Waals surface area (Å²) in [5, 5.41) is 25.9. The van der Waals surface area contributed by atoms with Crippen LogP contribution < -0.4 is 22.9 Å². The number of anilines is 2. The summed E-state index contributed by atoms with van der Waals surface area (Å²) in [7, 11) is 0. The van der Waals surface area contributed by atoms with E-state index < -0.39 is 11.9 Å². The molecule has 11 N–H and O–H groups in total. The van der Waals surface area contributed by atoms with Crippen LogP contribution in [0.4, 0.5) is 11.4 Å². The predicted molar refractivity (Wildman–Crippen MR) is 292 cm³/mol. The number of benzene rings is 2. The molecule has 0 radical (unpaired) electrons. The van der Waals surface area contributed by atoms with Crippen LogP contribution >= 0.6 is 0 Å². The van der Waals surface area contributed by atoms with E-state index in [1.165, 1.54) is 159 Å². The Morgan fingerprint density at radius 3 is 1.07 bits per heavy atom. The maximum Gasteiger partial charge on any atom is 0.339 e. The summed E-state index contributed by atoms with van der Waals surface area (Å²) in [5.74, 6) is 0.941. The topological polar surface area (TPSA) is 212 Å². The molecule has 4 rings (SSSR count). The van der Waals surface area contributed by atoms with Gasteiger partial charge in [0, 0.05) is 80.9 Å². The Labute approximate surface area is 421 Å². The zero-order valence-electron chi connectivity index (χ0n) is 45.5. The highest BCUT2D eigenvalue weighted by Crippen LogP contribution is 2.25. The number of carbonyl (C=O) groups is 2. The molecular formula is C56H104N8O5. The quantitative estimate of drug-likeness (QED) is 0.0438. The number of nitrogen functional groups attached to an aromatic ring is 2. The van der Waals surface area contributed by atoms with Crippen LogP contribution in [0.5, 0.6) is 5.75 Å². The molecule has 13 heteroatoms. The number of nitrogens with two attached hydrogens (primary N) is 4. The van der Waals surface area contributed by atoms with E-state index in [-0.39, 0.29) is 28.0 Å². The summed E-state index contributed by atoms with van der Waals surface area (Å²) >= 11 is 0. The number of hydrogen-bond donors (Lipinski definition) is 7. The van der Waals surface area contributed by atoms with E-state index in [9.17, 15) is 9.59 Å². The molecule has 69 heavy (non-hydrogen) atoms. The normalized spacial score (nSPS) is 20.8. The van der Waals surface area contributed by atoms with E-state index in [4.69, 9.17) is 38.3 Å². The first-order chi connectivity index (χ1) is 32.7. The molecule has 2 aromatic carbocycles. The van der Waals surface area contributed by atoms with Gasteiger partial charge in [-0.3, -0.25) is 19.6 Å². The van der Waals surface area contributed by atoms with Crippen molar-refractivity contribution in [2.45, 2.75) is 183 Å². The van der Waals surface area contributed by atoms with Gasteiger partial charge in [-0.25, -0.2) is 9.59 Å². The van der Waals surface area contributed by atoms with Gasteiger partial charge >= 0.3 is 11.9 Å². The number of rotatable bonds is 26. The van der Waals surface area contributed by atoms with Crippen molar-refractivity contribution in [2.24, 2.45) is 35.1 Å². The van der Waals surface area contributed by atoms with Gasteiger partial charge in [-0.15, -0.1) is 0 Å². The minimum atomic E-state index is -1.16. The standard InChI is InChI=1S/2C21H45N3.C7H7NO3.C7H7NO2/c2*1-6-10-12-19(8-3)14-23-16-21(5,22)17-24(18-23)15-20(9-4)13-11-7-2;8-4-1-2-5(7(10)11)6(9)3-4;8-6-3-1-5(2-4-6)7(9)10/h2*19-20H,6-18,22H2,1-5H3;1-3,9H,8H2,(H,10,11);1-4H,8H2,(H,9,10). The minimum Gasteiger partial charge on any atom is -0.507 e. The largest absolute Gasteiger partial charge is 0.507 e. The van der Waals surface area contributed by atoms with Crippen LogP contribution in [-0.4, -0.2) is 124 Å². The molecule has 398 valence electrons. The summed E-state index contributed by atoms with van der Waals surface area (Å²) < 4.78 is 0. The molecule has 2 saturated heterocycles. The highest BCUT2D eigenvalue weighted by molar-refractivity contribution is 5.91. The summed E-state index contributed by atoms with van der Waals surface area (Å²) in [6.07, 6.45) is 21.4. The van der Waals surface area contributed by atoms with Crippen LogP contribution in [0.15, 0.2) is 42.5 Å². The second-order valence-corrected chi connectivity index (χ2v) is 21.3. The molecule has 4 unspecified atom stereocenters. The van der Waals surface area contributed by atoms with Gasteiger partial charge in [-0.05, 0) is 99.6 Å². The SMILES string of the molecule is CCCCC(CC)CN1CN(CC(CC)CCCC)CC(C)(N)C1.CCCCC(CC)CN1CN(CC(CC)CCCC)CC(C)(N)C1.Nc1ccc(C(=O)O)c(O)c1.Nc1ccc(C(=O)O)cc1. The monoisotopic (exact) mass is 969 g/mol. The third kappa shape index (κ3) is 27.7. The molecule has 2 aliphatic rings. The zero-order chi connectivity index (χ0) is 52.0. The fourth-order valence-electron chi connectivity index (χ4n) is 9.88. The lowest BCUT2D eigenvalue weighted by atomic mass is 9.94. The molecule has 0 saturated carbocycles. The molecule has 2 aliphatic heterocycles. The maximum absolute atomic E-state index is 10.3. The number of carboxylic acids is 2. The molecule has 4 atom stereocenters. The van der Waals surface area contributed by atoms with Gasteiger partial charge in [-0.2, -0.15) is 0 Å². The fourth-order valence-corrected chi connectivity index (χ4v) is 9.88. The Balaban J connectivity index is 0.000000492. The summed E-state index contributed by atoms with van der Waals surface area (Å²) in [5.41, 5.74) is 24.7. The van der Waals surface area contributed by atoms with E-state index in [1.807, 2.05) is 0 Å². The molecular weight excluding hydrogens is 865 g/mol. The molecule has 0 aromatic heterocycles. The predicted octanol–water partition coefficient (Wildman–Crippen LogP) is 11.1. The number of phenols is 1. The smallest absolute Gasteiger partial charge is 0.339 e. The van der Waals surface area contributed by atoms with E-state index >= 15 is 0 Å². The Kier molecular flexibility index (Phi) is 32.0. The number of hydrogen-bond acceptors (Lipinski definition) is 11. The number of unbranched alkanes of at least 4 members (excludes halogenated alkanes) is 4. The Morgan fingerprint density at radius 1 is 0.522 bits per heavy atom. The molecule has 2 heterocycles. The van der Waals surface area contributed by atoms with Gasteiger partial charge in [0.05, 0.1) is 18.9 Å². The molecule has 13 nitrogen and oxygen atoms in total. The van der Waals surface area contributed by atoms with Crippen molar-refractivity contribution in [2.75, 3.05) is 77.2 Å². The van der Waals surface area contributed by atoms with Gasteiger partial charge < -0.3 is 38.3 Å². The first kappa shape index (κ1) is 63.6. The van der Waals surface area contributed by atoms with Gasteiger partial charge in [0.25, 0.3) is 0 Å². The van der Waals surface area contributed by atoms with Crippen molar-refractivity contribution >= 4 is 23.3 Å². The van der Waals surface area contributed by atoms with Crippen LogP contribution in [0.2, 0.25) is 0 Å². The molecule has 0 aliphatic carbocycles. The summed E-state index contributed by atoms with van der Waals surface area (Å²) in [6, 6.07) is 9.93. The van der Waals surface area contributed by atoms with E-state index in [2.05, 4.69) is 88.8 Å². The third-order valence-electron chi connectivity index (χ3n) is 13.8. The van der Waals surface area contributed by atoms with Crippen molar-refractivity contribution in [1.82, 2.24) is 19.6 Å². The van der Waals surface area contributed by atoms with E-state index in [1.54, 1.807) is 12.1 Å². The van der Waals surface area contributed by atoms with Gasteiger partial charge in [0.15, 0.2) is 0 Å². The maximum atomic E-state index is 10.3. The molecule has 0 amide bonds. The molecule has 0 spiro atoms. The van der Waals surface area contributed by atoms with Crippen molar-refractivity contribution < 1.29 is 24.9 Å². The fraction of sp³-hybridized carbons (Fsp3) is 0.750. The first-order valence-corrected chi connectivity index (χ1v) is 27.1. The van der Waals surface area contributed by atoms with Crippen molar-refractivity contribution in [3.63, 3.8) is 0 Å².